The number of amidine groups is 1. The molecule has 0 aliphatic carbocycles. The van der Waals surface area contributed by atoms with Crippen molar-refractivity contribution in [1.29, 1.82) is 0 Å². The van der Waals surface area contributed by atoms with Crippen molar-refractivity contribution in [1.82, 2.24) is 5.32 Å². The second-order valence-electron chi connectivity index (χ2n) is 3.93. The minimum Gasteiger partial charge on any atom is -0.409 e. The van der Waals surface area contributed by atoms with Crippen molar-refractivity contribution in [3.8, 4) is 0 Å². The van der Waals surface area contributed by atoms with Crippen LogP contribution in [0, 0.1) is 5.41 Å². The van der Waals surface area contributed by atoms with Crippen molar-refractivity contribution in [3.05, 3.63) is 22.4 Å². The number of oxime groups is 1. The van der Waals surface area contributed by atoms with E-state index in [2.05, 4.69) is 10.5 Å². The third-order valence-corrected chi connectivity index (χ3v) is 3.76. The Morgan fingerprint density at radius 1 is 1.71 bits per heavy atom. The lowest BCUT2D eigenvalue weighted by Crippen LogP contribution is -2.47. The van der Waals surface area contributed by atoms with Crippen LogP contribution in [0.4, 0.5) is 0 Å². The van der Waals surface area contributed by atoms with Crippen LogP contribution in [0.2, 0.25) is 0 Å². The summed E-state index contributed by atoms with van der Waals surface area (Å²) >= 11 is 1.57. The van der Waals surface area contributed by atoms with E-state index in [9.17, 15) is 4.79 Å². The van der Waals surface area contributed by atoms with Gasteiger partial charge in [0.05, 0.1) is 6.54 Å². The van der Waals surface area contributed by atoms with Gasteiger partial charge in [-0.05, 0) is 24.8 Å². The van der Waals surface area contributed by atoms with Crippen LogP contribution in [0.15, 0.2) is 22.7 Å². The summed E-state index contributed by atoms with van der Waals surface area (Å²) in [7, 11) is 0. The Bertz CT molecular complexity index is 403. The van der Waals surface area contributed by atoms with Gasteiger partial charge >= 0.3 is 0 Å². The third-order valence-electron chi connectivity index (χ3n) is 2.88. The summed E-state index contributed by atoms with van der Waals surface area (Å²) < 4.78 is 0. The Hall–Kier alpha value is -1.56. The normalized spacial score (nSPS) is 15.3. The largest absolute Gasteiger partial charge is 0.409 e. The van der Waals surface area contributed by atoms with E-state index in [4.69, 9.17) is 10.9 Å². The topological polar surface area (TPSA) is 87.7 Å². The number of hydrogen-bond acceptors (Lipinski definition) is 4. The smallest absolute Gasteiger partial charge is 0.233 e. The molecular formula is C11H17N3O2S. The van der Waals surface area contributed by atoms with Crippen molar-refractivity contribution in [3.63, 3.8) is 0 Å². The fourth-order valence-corrected chi connectivity index (χ4v) is 1.99. The number of carbonyl (C=O) groups is 1. The molecule has 1 aromatic heterocycles. The summed E-state index contributed by atoms with van der Waals surface area (Å²) in [6.45, 7) is 3.94. The highest BCUT2D eigenvalue weighted by atomic mass is 32.1. The zero-order valence-electron chi connectivity index (χ0n) is 9.93. The van der Waals surface area contributed by atoms with Gasteiger partial charge in [-0.15, -0.1) is 11.3 Å². The number of thiophene rings is 1. The van der Waals surface area contributed by atoms with Crippen LogP contribution in [0.5, 0.6) is 0 Å². The summed E-state index contributed by atoms with van der Waals surface area (Å²) in [5, 5.41) is 16.4. The third kappa shape index (κ3) is 2.97. The fraction of sp³-hybridized carbons (Fsp3) is 0.455. The Kier molecular flexibility index (Phi) is 4.51. The van der Waals surface area contributed by atoms with Gasteiger partial charge in [-0.1, -0.05) is 18.1 Å². The maximum Gasteiger partial charge on any atom is 0.233 e. The van der Waals surface area contributed by atoms with Crippen molar-refractivity contribution in [2.24, 2.45) is 16.3 Å². The number of amides is 1. The van der Waals surface area contributed by atoms with Gasteiger partial charge in [0.25, 0.3) is 0 Å². The van der Waals surface area contributed by atoms with E-state index < -0.39 is 5.41 Å². The van der Waals surface area contributed by atoms with Gasteiger partial charge in [-0.2, -0.15) is 0 Å². The molecule has 0 spiro atoms. The Balaban J connectivity index is 2.67. The molecule has 1 unspecified atom stereocenters. The predicted molar refractivity (Wildman–Crippen MR) is 68.0 cm³/mol. The summed E-state index contributed by atoms with van der Waals surface area (Å²) in [6, 6.07) is 3.87. The second kappa shape index (κ2) is 5.67. The first kappa shape index (κ1) is 13.5. The lowest BCUT2D eigenvalue weighted by molar-refractivity contribution is -0.127. The van der Waals surface area contributed by atoms with Crippen molar-refractivity contribution in [2.45, 2.75) is 26.8 Å². The van der Waals surface area contributed by atoms with Gasteiger partial charge < -0.3 is 16.3 Å². The average Bonchev–Trinajstić information content (AvgIpc) is 2.86. The van der Waals surface area contributed by atoms with E-state index >= 15 is 0 Å². The first-order valence-electron chi connectivity index (χ1n) is 5.33. The highest BCUT2D eigenvalue weighted by Gasteiger charge is 2.36. The molecule has 0 aliphatic rings. The van der Waals surface area contributed by atoms with Crippen molar-refractivity contribution < 1.29 is 10.0 Å². The fourth-order valence-electron chi connectivity index (χ4n) is 1.34. The molecule has 0 aromatic carbocycles. The number of nitrogens with two attached hydrogens (primary N) is 1. The minimum absolute atomic E-state index is 0.0660. The van der Waals surface area contributed by atoms with Gasteiger partial charge in [0.1, 0.15) is 5.41 Å². The van der Waals surface area contributed by atoms with Crippen LogP contribution >= 0.6 is 11.3 Å². The minimum atomic E-state index is -0.966. The molecule has 1 aromatic rings. The van der Waals surface area contributed by atoms with E-state index in [1.54, 1.807) is 18.3 Å². The molecule has 6 heteroatoms. The number of nitrogens with zero attached hydrogens (tertiary/aromatic N) is 1. The van der Waals surface area contributed by atoms with E-state index in [0.29, 0.717) is 13.0 Å². The molecule has 0 aliphatic heterocycles. The molecule has 1 heterocycles. The van der Waals surface area contributed by atoms with E-state index in [0.717, 1.165) is 4.88 Å². The molecule has 1 rings (SSSR count). The first-order chi connectivity index (χ1) is 8.04. The predicted octanol–water partition coefficient (Wildman–Crippen LogP) is 1.53. The number of rotatable bonds is 5. The quantitative estimate of drug-likeness (QED) is 0.323. The van der Waals surface area contributed by atoms with Crippen LogP contribution in [-0.2, 0) is 11.3 Å². The molecule has 0 bridgehead atoms. The number of nitrogens with one attached hydrogen (secondary N) is 1. The monoisotopic (exact) mass is 255 g/mol. The SMILES string of the molecule is CCC(C)(C(=O)NCc1cccs1)/C(N)=N/O. The highest BCUT2D eigenvalue weighted by molar-refractivity contribution is 7.09. The standard InChI is InChI=1S/C11H17N3O2S/c1-3-11(2,9(12)14-16)10(15)13-7-8-5-4-6-17-8/h4-6,16H,3,7H2,1-2H3,(H2,12,14)(H,13,15). The number of carbonyl (C=O) groups excluding carboxylic acids is 1. The maximum atomic E-state index is 12.0. The van der Waals surface area contributed by atoms with Crippen LogP contribution in [0.1, 0.15) is 25.1 Å². The molecule has 94 valence electrons. The highest BCUT2D eigenvalue weighted by Crippen LogP contribution is 2.22. The lowest BCUT2D eigenvalue weighted by atomic mass is 9.85. The summed E-state index contributed by atoms with van der Waals surface area (Å²) in [6.07, 6.45) is 0.471. The zero-order valence-corrected chi connectivity index (χ0v) is 10.8. The Morgan fingerprint density at radius 3 is 2.88 bits per heavy atom. The molecule has 1 atom stereocenters. The molecule has 5 nitrogen and oxygen atoms in total. The van der Waals surface area contributed by atoms with Gasteiger partial charge in [0.2, 0.25) is 5.91 Å². The second-order valence-corrected chi connectivity index (χ2v) is 4.97. The summed E-state index contributed by atoms with van der Waals surface area (Å²) in [5.41, 5.74) is 4.59. The van der Waals surface area contributed by atoms with Crippen molar-refractivity contribution >= 4 is 23.1 Å². The molecule has 1 amide bonds. The first-order valence-corrected chi connectivity index (χ1v) is 6.21. The van der Waals surface area contributed by atoms with Crippen LogP contribution in [0.3, 0.4) is 0 Å². The summed E-state index contributed by atoms with van der Waals surface area (Å²) in [4.78, 5) is 13.1. The molecule has 0 fully saturated rings. The molecule has 4 N–H and O–H groups in total. The molecule has 0 saturated carbocycles. The van der Waals surface area contributed by atoms with Crippen LogP contribution in [-0.4, -0.2) is 17.0 Å². The molecular weight excluding hydrogens is 238 g/mol. The van der Waals surface area contributed by atoms with E-state index in [1.807, 2.05) is 24.4 Å². The molecule has 0 radical (unpaired) electrons. The summed E-state index contributed by atoms with van der Waals surface area (Å²) in [5.74, 6) is -0.299. The van der Waals surface area contributed by atoms with Crippen molar-refractivity contribution in [2.75, 3.05) is 0 Å². The van der Waals surface area contributed by atoms with Gasteiger partial charge in [-0.3, -0.25) is 4.79 Å². The average molecular weight is 255 g/mol. The lowest BCUT2D eigenvalue weighted by Gasteiger charge is -2.25. The maximum absolute atomic E-state index is 12.0. The van der Waals surface area contributed by atoms with Gasteiger partial charge in [0.15, 0.2) is 5.84 Å². The van der Waals surface area contributed by atoms with Crippen LogP contribution in [0.25, 0.3) is 0 Å². The van der Waals surface area contributed by atoms with E-state index in [-0.39, 0.29) is 11.7 Å². The zero-order chi connectivity index (χ0) is 12.9. The van der Waals surface area contributed by atoms with E-state index in [1.165, 1.54) is 0 Å². The number of hydrogen-bond donors (Lipinski definition) is 3. The Labute approximate surface area is 104 Å². The Morgan fingerprint density at radius 2 is 2.41 bits per heavy atom. The molecule has 17 heavy (non-hydrogen) atoms. The van der Waals surface area contributed by atoms with Gasteiger partial charge in [-0.25, -0.2) is 0 Å². The van der Waals surface area contributed by atoms with Crippen LogP contribution < -0.4 is 11.1 Å². The molecule has 0 saturated heterocycles. The van der Waals surface area contributed by atoms with Gasteiger partial charge in [0, 0.05) is 4.88 Å².